The Morgan fingerprint density at radius 2 is 1.28 bits per heavy atom. The van der Waals surface area contributed by atoms with Crippen LogP contribution in [0.2, 0.25) is 5.02 Å². The predicted molar refractivity (Wildman–Crippen MR) is 200 cm³/mol. The number of anilines is 3. The third kappa shape index (κ3) is 7.50. The lowest BCUT2D eigenvalue weighted by Gasteiger charge is -2.21. The summed E-state index contributed by atoms with van der Waals surface area (Å²) >= 11 is 6.17. The number of imidazole rings is 3. The van der Waals surface area contributed by atoms with Gasteiger partial charge in [0.05, 0.1) is 62.8 Å². The van der Waals surface area contributed by atoms with Crippen LogP contribution in [0.3, 0.4) is 0 Å². The fourth-order valence-electron chi connectivity index (χ4n) is 7.15. The molecule has 0 unspecified atom stereocenters. The minimum atomic E-state index is 0.868. The third-order valence-electron chi connectivity index (χ3n) is 9.64. The Bertz CT molecular complexity index is 1960. The van der Waals surface area contributed by atoms with E-state index in [1.807, 2.05) is 36.8 Å². The molecule has 3 aliphatic heterocycles. The fraction of sp³-hybridized carbons (Fsp3) is 0.308. The topological polar surface area (TPSA) is 105 Å². The Kier molecular flexibility index (Phi) is 10.4. The van der Waals surface area contributed by atoms with Crippen molar-refractivity contribution in [3.05, 3.63) is 137 Å². The first-order valence-electron chi connectivity index (χ1n) is 17.3. The van der Waals surface area contributed by atoms with Crippen LogP contribution in [0.25, 0.3) is 0 Å². The van der Waals surface area contributed by atoms with E-state index in [1.54, 1.807) is 26.1 Å². The predicted octanol–water partition coefficient (Wildman–Crippen LogP) is 7.14. The van der Waals surface area contributed by atoms with Crippen molar-refractivity contribution in [2.75, 3.05) is 41.4 Å². The normalized spacial score (nSPS) is 14.0. The van der Waals surface area contributed by atoms with Crippen LogP contribution in [0, 0.1) is 0 Å². The fourth-order valence-corrected chi connectivity index (χ4v) is 7.42. The van der Waals surface area contributed by atoms with Crippen molar-refractivity contribution in [1.82, 2.24) is 29.9 Å². The summed E-state index contributed by atoms with van der Waals surface area (Å²) in [5.41, 5.74) is 13.0. The maximum atomic E-state index is 6.17. The second-order valence-corrected chi connectivity index (χ2v) is 13.2. The lowest BCUT2D eigenvalue weighted by Crippen LogP contribution is -2.20. The number of fused-ring (bicyclic) bond motifs is 3. The molecule has 11 heteroatoms. The lowest BCUT2D eigenvalue weighted by atomic mass is 10.1. The number of rotatable bonds is 8. The molecule has 6 aromatic rings. The molecule has 3 N–H and O–H groups in total. The average Bonchev–Trinajstić information content (AvgIpc) is 4.00. The molecule has 0 aliphatic carbocycles. The maximum Gasteiger partial charge on any atom is 0.119 e. The summed E-state index contributed by atoms with van der Waals surface area (Å²) < 4.78 is 5.25. The number of aromatic nitrogens is 6. The number of aromatic amines is 3. The molecule has 9 rings (SSSR count). The van der Waals surface area contributed by atoms with Gasteiger partial charge in [-0.15, -0.1) is 0 Å². The van der Waals surface area contributed by atoms with Gasteiger partial charge in [0.2, 0.25) is 0 Å². The van der Waals surface area contributed by atoms with Gasteiger partial charge in [-0.2, -0.15) is 0 Å². The largest absolute Gasteiger partial charge is 0.497 e. The summed E-state index contributed by atoms with van der Waals surface area (Å²) in [6.07, 6.45) is 15.2. The first-order chi connectivity index (χ1) is 24.6. The number of nitrogens with zero attached hydrogens (tertiary/aromatic N) is 6. The molecule has 0 bridgehead atoms. The van der Waals surface area contributed by atoms with Crippen LogP contribution in [-0.2, 0) is 45.3 Å². The number of hydrogen-bond donors (Lipinski definition) is 3. The number of methoxy groups -OCH3 is 1. The Hall–Kier alpha value is -5.22. The van der Waals surface area contributed by atoms with Crippen LogP contribution in [0.15, 0.2) is 92.2 Å². The van der Waals surface area contributed by atoms with E-state index in [-0.39, 0.29) is 0 Å². The standard InChI is InChI=1S/C14H17N3.C13H15N3O.C12H12ClN3/c1-2-11-4-3-5-12-6-7-17(14(11)12)9-13-8-15-10-16-13;1-17-12-2-3-13-10(6-12)4-5-16(13)8-11-7-14-9-15-11;13-11-2-1-3-12-10(11)4-5-16(12)7-9-6-14-8-15-9/h3-5,8,10H,2,6-7,9H2,1H3,(H,15,16);2-3,6-7,9H,4-5,8H2,1H3,(H,14,15);1-3,6,8H,4-5,7H2,(H,14,15). The highest BCUT2D eigenvalue weighted by Crippen LogP contribution is 2.35. The smallest absolute Gasteiger partial charge is 0.119 e. The van der Waals surface area contributed by atoms with Gasteiger partial charge >= 0.3 is 0 Å². The van der Waals surface area contributed by atoms with Crippen LogP contribution in [0.5, 0.6) is 5.75 Å². The lowest BCUT2D eigenvalue weighted by molar-refractivity contribution is 0.414. The molecule has 0 radical (unpaired) electrons. The van der Waals surface area contributed by atoms with Crippen LogP contribution in [-0.4, -0.2) is 56.6 Å². The molecule has 10 nitrogen and oxygen atoms in total. The van der Waals surface area contributed by atoms with E-state index in [1.165, 1.54) is 45.0 Å². The van der Waals surface area contributed by atoms with Gasteiger partial charge in [0, 0.05) is 60.3 Å². The Balaban J connectivity index is 0.000000118. The zero-order valence-corrected chi connectivity index (χ0v) is 29.5. The van der Waals surface area contributed by atoms with E-state index in [4.69, 9.17) is 16.3 Å². The van der Waals surface area contributed by atoms with Gasteiger partial charge in [-0.05, 0) is 78.3 Å². The van der Waals surface area contributed by atoms with E-state index in [9.17, 15) is 0 Å². The number of para-hydroxylation sites is 1. The van der Waals surface area contributed by atoms with Gasteiger partial charge in [-0.3, -0.25) is 0 Å². The Labute approximate surface area is 298 Å². The maximum absolute atomic E-state index is 6.17. The zero-order valence-electron chi connectivity index (χ0n) is 28.7. The van der Waals surface area contributed by atoms with Crippen molar-refractivity contribution in [2.24, 2.45) is 0 Å². The van der Waals surface area contributed by atoms with Crippen LogP contribution >= 0.6 is 11.6 Å². The summed E-state index contributed by atoms with van der Waals surface area (Å²) in [5.74, 6) is 0.937. The highest BCUT2D eigenvalue weighted by molar-refractivity contribution is 6.31. The Morgan fingerprint density at radius 3 is 1.92 bits per heavy atom. The monoisotopic (exact) mass is 689 g/mol. The van der Waals surface area contributed by atoms with E-state index < -0.39 is 0 Å². The highest BCUT2D eigenvalue weighted by Gasteiger charge is 2.23. The first kappa shape index (κ1) is 33.3. The van der Waals surface area contributed by atoms with Crippen molar-refractivity contribution >= 4 is 28.7 Å². The van der Waals surface area contributed by atoms with Gasteiger partial charge in [0.25, 0.3) is 0 Å². The average molecular weight is 690 g/mol. The number of H-pyrrole nitrogens is 3. The molecular formula is C39H44ClN9O. The quantitative estimate of drug-likeness (QED) is 0.156. The van der Waals surface area contributed by atoms with Crippen LogP contribution in [0.1, 0.15) is 46.3 Å². The number of benzene rings is 3. The van der Waals surface area contributed by atoms with Crippen molar-refractivity contribution in [3.63, 3.8) is 0 Å². The highest BCUT2D eigenvalue weighted by atomic mass is 35.5. The van der Waals surface area contributed by atoms with E-state index >= 15 is 0 Å². The van der Waals surface area contributed by atoms with Gasteiger partial charge in [0.1, 0.15) is 5.75 Å². The second kappa shape index (κ2) is 15.6. The molecule has 0 amide bonds. The summed E-state index contributed by atoms with van der Waals surface area (Å²) in [7, 11) is 1.71. The molecule has 0 fully saturated rings. The summed E-state index contributed by atoms with van der Waals surface area (Å²) in [6, 6.07) is 19.0. The van der Waals surface area contributed by atoms with E-state index in [0.717, 1.165) is 87.1 Å². The number of nitrogens with one attached hydrogen (secondary N) is 3. The molecule has 0 spiro atoms. The van der Waals surface area contributed by atoms with Gasteiger partial charge in [-0.25, -0.2) is 15.0 Å². The zero-order chi connectivity index (χ0) is 34.3. The first-order valence-corrected chi connectivity index (χ1v) is 17.7. The molecule has 3 aromatic heterocycles. The van der Waals surface area contributed by atoms with Gasteiger partial charge in [-0.1, -0.05) is 42.8 Å². The minimum Gasteiger partial charge on any atom is -0.497 e. The molecule has 258 valence electrons. The molecule has 6 heterocycles. The van der Waals surface area contributed by atoms with Crippen LogP contribution < -0.4 is 19.4 Å². The van der Waals surface area contributed by atoms with Crippen molar-refractivity contribution in [2.45, 2.75) is 52.2 Å². The molecule has 0 saturated carbocycles. The third-order valence-corrected chi connectivity index (χ3v) is 10.00. The summed E-state index contributed by atoms with van der Waals surface area (Å²) in [6.45, 7) is 8.12. The Morgan fingerprint density at radius 1 is 0.680 bits per heavy atom. The molecule has 50 heavy (non-hydrogen) atoms. The second-order valence-electron chi connectivity index (χ2n) is 12.8. The minimum absolute atomic E-state index is 0.868. The summed E-state index contributed by atoms with van der Waals surface area (Å²) in [4.78, 5) is 28.8. The number of hydrogen-bond acceptors (Lipinski definition) is 7. The van der Waals surface area contributed by atoms with Crippen molar-refractivity contribution < 1.29 is 4.74 Å². The summed E-state index contributed by atoms with van der Waals surface area (Å²) in [5, 5.41) is 0.879. The van der Waals surface area contributed by atoms with Gasteiger partial charge in [0.15, 0.2) is 0 Å². The number of aryl methyl sites for hydroxylation is 1. The molecule has 0 atom stereocenters. The molecular weight excluding hydrogens is 646 g/mol. The SMILES string of the molecule is CCc1cccc2c1N(Cc1cnc[nH]1)CC2.COc1ccc2c(c1)CCN2Cc1cnc[nH]1.Clc1cccc2c1CCN2Cc1cnc[nH]1. The van der Waals surface area contributed by atoms with Crippen LogP contribution in [0.4, 0.5) is 17.1 Å². The number of ether oxygens (including phenoxy) is 1. The molecule has 3 aliphatic rings. The van der Waals surface area contributed by atoms with E-state index in [2.05, 4.69) is 87.9 Å². The van der Waals surface area contributed by atoms with Crippen molar-refractivity contribution in [1.29, 1.82) is 0 Å². The van der Waals surface area contributed by atoms with Crippen molar-refractivity contribution in [3.8, 4) is 5.75 Å². The molecule has 0 saturated heterocycles. The van der Waals surface area contributed by atoms with E-state index in [0.29, 0.717) is 0 Å². The van der Waals surface area contributed by atoms with Gasteiger partial charge < -0.3 is 34.4 Å². The number of halogens is 1. The molecule has 3 aromatic carbocycles.